The average molecular weight is 228 g/mol. The summed E-state index contributed by atoms with van der Waals surface area (Å²) in [6, 6.07) is 0.613. The molecule has 1 aromatic heterocycles. The van der Waals surface area contributed by atoms with Crippen molar-refractivity contribution in [3.63, 3.8) is 0 Å². The Bertz CT molecular complexity index is 481. The zero-order valence-electron chi connectivity index (χ0n) is 8.60. The van der Waals surface area contributed by atoms with E-state index in [2.05, 4.69) is 4.98 Å². The van der Waals surface area contributed by atoms with Gasteiger partial charge in [-0.3, -0.25) is 14.3 Å². The van der Waals surface area contributed by atoms with E-state index in [1.807, 2.05) is 0 Å². The molecule has 1 aromatic rings. The van der Waals surface area contributed by atoms with E-state index in [0.717, 1.165) is 0 Å². The number of rotatable bonds is 2. The average Bonchev–Trinajstić information content (AvgIpc) is 2.60. The van der Waals surface area contributed by atoms with E-state index >= 15 is 0 Å². The maximum Gasteiger partial charge on any atom is 0.328 e. The lowest BCUT2D eigenvalue weighted by Crippen LogP contribution is -2.34. The number of hydrogen-bond donors (Lipinski definition) is 2. The number of aliphatic hydroxyl groups is 1. The third kappa shape index (κ3) is 1.80. The van der Waals surface area contributed by atoms with Crippen LogP contribution in [0, 0.1) is 5.92 Å². The third-order valence-electron chi connectivity index (χ3n) is 3.09. The van der Waals surface area contributed by atoms with Gasteiger partial charge in [-0.05, 0) is 12.8 Å². The molecule has 3 atom stereocenters. The maximum absolute atomic E-state index is 13.8. The number of aromatic nitrogens is 2. The van der Waals surface area contributed by atoms with Crippen LogP contribution >= 0.6 is 0 Å². The van der Waals surface area contributed by atoms with Gasteiger partial charge in [0.25, 0.3) is 5.56 Å². The van der Waals surface area contributed by atoms with Crippen LogP contribution in [-0.4, -0.2) is 27.4 Å². The fraction of sp³-hybridized carbons (Fsp3) is 0.600. The normalized spacial score (nSPS) is 29.5. The standard InChI is InChI=1S/C10H13FN2O3/c11-9-6(5-14)1-2-7(9)13-4-3-8(15)12-10(13)16/h3-4,6-7,9,14H,1-2,5H2,(H,12,15,16)/t6-,7-,9-/m0/s1. The number of hydrogen-bond acceptors (Lipinski definition) is 3. The molecule has 88 valence electrons. The highest BCUT2D eigenvalue weighted by molar-refractivity contribution is 4.93. The second kappa shape index (κ2) is 4.21. The second-order valence-electron chi connectivity index (χ2n) is 4.05. The quantitative estimate of drug-likeness (QED) is 0.737. The summed E-state index contributed by atoms with van der Waals surface area (Å²) < 4.78 is 15.0. The maximum atomic E-state index is 13.8. The monoisotopic (exact) mass is 228 g/mol. The van der Waals surface area contributed by atoms with Gasteiger partial charge in [0.1, 0.15) is 6.17 Å². The van der Waals surface area contributed by atoms with E-state index < -0.39 is 29.4 Å². The molecule has 1 saturated carbocycles. The van der Waals surface area contributed by atoms with Crippen LogP contribution < -0.4 is 11.2 Å². The first-order valence-corrected chi connectivity index (χ1v) is 5.20. The fourth-order valence-electron chi connectivity index (χ4n) is 2.19. The summed E-state index contributed by atoms with van der Waals surface area (Å²) in [5.41, 5.74) is -1.09. The first-order valence-electron chi connectivity index (χ1n) is 5.20. The molecule has 16 heavy (non-hydrogen) atoms. The third-order valence-corrected chi connectivity index (χ3v) is 3.09. The van der Waals surface area contributed by atoms with Crippen LogP contribution in [0.15, 0.2) is 21.9 Å². The summed E-state index contributed by atoms with van der Waals surface area (Å²) in [5.74, 6) is -0.413. The van der Waals surface area contributed by atoms with E-state index in [4.69, 9.17) is 5.11 Å². The molecule has 0 unspecified atom stereocenters. The van der Waals surface area contributed by atoms with Gasteiger partial charge < -0.3 is 5.11 Å². The van der Waals surface area contributed by atoms with Gasteiger partial charge in [0.05, 0.1) is 6.04 Å². The summed E-state index contributed by atoms with van der Waals surface area (Å²) >= 11 is 0. The van der Waals surface area contributed by atoms with E-state index in [-0.39, 0.29) is 6.61 Å². The second-order valence-corrected chi connectivity index (χ2v) is 4.05. The molecule has 2 N–H and O–H groups in total. The zero-order valence-corrected chi connectivity index (χ0v) is 8.60. The van der Waals surface area contributed by atoms with Crippen LogP contribution in [0.3, 0.4) is 0 Å². The molecule has 0 aliphatic heterocycles. The predicted octanol–water partition coefficient (Wildman–Crippen LogP) is -0.182. The summed E-state index contributed by atoms with van der Waals surface area (Å²) in [4.78, 5) is 24.4. The van der Waals surface area contributed by atoms with Crippen molar-refractivity contribution in [2.45, 2.75) is 25.1 Å². The van der Waals surface area contributed by atoms with Gasteiger partial charge in [0.2, 0.25) is 0 Å². The Morgan fingerprint density at radius 1 is 1.50 bits per heavy atom. The van der Waals surface area contributed by atoms with Crippen molar-refractivity contribution in [1.82, 2.24) is 9.55 Å². The summed E-state index contributed by atoms with van der Waals surface area (Å²) in [6.07, 6.45) is 1.11. The molecule has 1 fully saturated rings. The Balaban J connectivity index is 2.32. The lowest BCUT2D eigenvalue weighted by atomic mass is 10.1. The molecule has 0 spiro atoms. The molecule has 0 saturated heterocycles. The Morgan fingerprint density at radius 3 is 2.81 bits per heavy atom. The highest BCUT2D eigenvalue weighted by Crippen LogP contribution is 2.36. The number of aliphatic hydroxyl groups excluding tert-OH is 1. The SMILES string of the molecule is O=c1ccn([C@H]2CC[C@@H](CO)[C@@H]2F)c(=O)[nH]1. The van der Waals surface area contributed by atoms with Gasteiger partial charge >= 0.3 is 5.69 Å². The van der Waals surface area contributed by atoms with Gasteiger partial charge in [-0.2, -0.15) is 0 Å². The molecule has 2 rings (SSSR count). The molecule has 1 aliphatic carbocycles. The first-order chi connectivity index (χ1) is 7.63. The van der Waals surface area contributed by atoms with Crippen molar-refractivity contribution in [2.75, 3.05) is 6.61 Å². The number of alkyl halides is 1. The van der Waals surface area contributed by atoms with Gasteiger partial charge in [-0.25, -0.2) is 9.18 Å². The zero-order chi connectivity index (χ0) is 11.7. The lowest BCUT2D eigenvalue weighted by Gasteiger charge is -2.17. The molecule has 5 nitrogen and oxygen atoms in total. The highest BCUT2D eigenvalue weighted by atomic mass is 19.1. The summed E-state index contributed by atoms with van der Waals surface area (Å²) in [6.45, 7) is -0.213. The van der Waals surface area contributed by atoms with Gasteiger partial charge in [0, 0.05) is 24.8 Å². The van der Waals surface area contributed by atoms with Crippen molar-refractivity contribution in [3.05, 3.63) is 33.1 Å². The molecule has 0 amide bonds. The molecular weight excluding hydrogens is 215 g/mol. The van der Waals surface area contributed by atoms with Crippen molar-refractivity contribution in [1.29, 1.82) is 0 Å². The molecule has 6 heteroatoms. The van der Waals surface area contributed by atoms with Crippen molar-refractivity contribution in [2.24, 2.45) is 5.92 Å². The van der Waals surface area contributed by atoms with Crippen LogP contribution in [-0.2, 0) is 0 Å². The van der Waals surface area contributed by atoms with Gasteiger partial charge in [-0.15, -0.1) is 0 Å². The Labute approximate surface area is 90.5 Å². The number of halogens is 1. The fourth-order valence-corrected chi connectivity index (χ4v) is 2.19. The van der Waals surface area contributed by atoms with E-state index in [1.165, 1.54) is 16.8 Å². The Morgan fingerprint density at radius 2 is 2.25 bits per heavy atom. The van der Waals surface area contributed by atoms with Crippen LogP contribution in [0.25, 0.3) is 0 Å². The van der Waals surface area contributed by atoms with Crippen LogP contribution in [0.2, 0.25) is 0 Å². The minimum absolute atomic E-state index is 0.213. The molecule has 0 bridgehead atoms. The van der Waals surface area contributed by atoms with Gasteiger partial charge in [-0.1, -0.05) is 0 Å². The molecular formula is C10H13FN2O3. The van der Waals surface area contributed by atoms with Crippen molar-refractivity contribution >= 4 is 0 Å². The molecule has 1 aliphatic rings. The summed E-state index contributed by atoms with van der Waals surface area (Å²) in [5, 5.41) is 8.93. The lowest BCUT2D eigenvalue weighted by molar-refractivity contribution is 0.139. The number of aromatic amines is 1. The predicted molar refractivity (Wildman–Crippen MR) is 55.1 cm³/mol. The van der Waals surface area contributed by atoms with Crippen molar-refractivity contribution in [3.8, 4) is 0 Å². The van der Waals surface area contributed by atoms with E-state index in [1.54, 1.807) is 0 Å². The van der Waals surface area contributed by atoms with Gasteiger partial charge in [0.15, 0.2) is 0 Å². The first kappa shape index (κ1) is 11.1. The topological polar surface area (TPSA) is 75.1 Å². The highest BCUT2D eigenvalue weighted by Gasteiger charge is 2.37. The Hall–Kier alpha value is -1.43. The smallest absolute Gasteiger partial charge is 0.328 e. The van der Waals surface area contributed by atoms with Crippen molar-refractivity contribution < 1.29 is 9.50 Å². The largest absolute Gasteiger partial charge is 0.396 e. The van der Waals surface area contributed by atoms with Crippen LogP contribution in [0.4, 0.5) is 4.39 Å². The molecule has 0 aromatic carbocycles. The number of nitrogens with zero attached hydrogens (tertiary/aromatic N) is 1. The van der Waals surface area contributed by atoms with E-state index in [9.17, 15) is 14.0 Å². The van der Waals surface area contributed by atoms with E-state index in [0.29, 0.717) is 12.8 Å². The molecule has 1 heterocycles. The minimum atomic E-state index is -1.24. The number of H-pyrrole nitrogens is 1. The minimum Gasteiger partial charge on any atom is -0.396 e. The Kier molecular flexibility index (Phi) is 2.91. The van der Waals surface area contributed by atoms with Crippen LogP contribution in [0.1, 0.15) is 18.9 Å². The van der Waals surface area contributed by atoms with Crippen LogP contribution in [0.5, 0.6) is 0 Å². The number of nitrogens with one attached hydrogen (secondary N) is 1. The molecule has 0 radical (unpaired) electrons. The summed E-state index contributed by atoms with van der Waals surface area (Å²) in [7, 11) is 0.